The third-order valence-corrected chi connectivity index (χ3v) is 6.25. The highest BCUT2D eigenvalue weighted by Gasteiger charge is 2.24. The first-order valence-electron chi connectivity index (χ1n) is 11.1. The Kier molecular flexibility index (Phi) is 8.76. The Morgan fingerprint density at radius 1 is 1.00 bits per heavy atom. The van der Waals surface area contributed by atoms with Gasteiger partial charge in [-0.05, 0) is 47.5 Å². The molecule has 0 spiro atoms. The number of aryl methyl sites for hydroxylation is 1. The van der Waals surface area contributed by atoms with Crippen LogP contribution in [0.4, 0.5) is 19.3 Å². The second-order valence-corrected chi connectivity index (χ2v) is 9.59. The number of hydrogen-bond acceptors (Lipinski definition) is 3. The molecular weight excluding hydrogens is 456 g/mol. The molecule has 0 aliphatic heterocycles. The van der Waals surface area contributed by atoms with Crippen LogP contribution >= 0.6 is 11.3 Å². The van der Waals surface area contributed by atoms with Crippen molar-refractivity contribution in [3.8, 4) is 0 Å². The van der Waals surface area contributed by atoms with Crippen molar-refractivity contribution in [2.24, 2.45) is 5.92 Å². The zero-order valence-corrected chi connectivity index (χ0v) is 20.4. The molecule has 8 heteroatoms. The van der Waals surface area contributed by atoms with Crippen molar-refractivity contribution in [3.05, 3.63) is 87.6 Å². The van der Waals surface area contributed by atoms with Crippen molar-refractivity contribution < 1.29 is 18.4 Å². The van der Waals surface area contributed by atoms with Crippen LogP contribution in [0.3, 0.4) is 0 Å². The van der Waals surface area contributed by atoms with Gasteiger partial charge in [-0.2, -0.15) is 0 Å². The van der Waals surface area contributed by atoms with Gasteiger partial charge in [-0.1, -0.05) is 44.2 Å². The summed E-state index contributed by atoms with van der Waals surface area (Å²) in [5.74, 6) is -1.74. The number of nitrogens with zero attached hydrogens (tertiary/aromatic N) is 2. The monoisotopic (exact) mass is 485 g/mol. The van der Waals surface area contributed by atoms with Crippen molar-refractivity contribution in [1.29, 1.82) is 0 Å². The molecule has 0 unspecified atom stereocenters. The van der Waals surface area contributed by atoms with Gasteiger partial charge in [-0.25, -0.2) is 13.6 Å². The SMILES string of the molecule is Cc1ccsc1CN(Cc1ccccc1)C(=O)CN(CC(C)C)C(=O)Nc1ccc(F)cc1F. The number of carbonyl (C=O) groups is 2. The zero-order chi connectivity index (χ0) is 24.7. The minimum absolute atomic E-state index is 0.0822. The highest BCUT2D eigenvalue weighted by molar-refractivity contribution is 7.10. The van der Waals surface area contributed by atoms with Gasteiger partial charge in [-0.15, -0.1) is 11.3 Å². The van der Waals surface area contributed by atoms with Gasteiger partial charge in [0.05, 0.1) is 12.2 Å². The summed E-state index contributed by atoms with van der Waals surface area (Å²) in [5.41, 5.74) is 1.96. The van der Waals surface area contributed by atoms with E-state index in [-0.39, 0.29) is 24.1 Å². The first kappa shape index (κ1) is 25.4. The summed E-state index contributed by atoms with van der Waals surface area (Å²) in [4.78, 5) is 30.6. The summed E-state index contributed by atoms with van der Waals surface area (Å²) in [5, 5.41) is 4.46. The molecular formula is C26H29F2N3O2S. The maximum absolute atomic E-state index is 14.1. The lowest BCUT2D eigenvalue weighted by atomic mass is 10.2. The van der Waals surface area contributed by atoms with E-state index in [9.17, 15) is 18.4 Å². The summed E-state index contributed by atoms with van der Waals surface area (Å²) in [6, 6.07) is 14.0. The smallest absolute Gasteiger partial charge is 0.322 e. The number of rotatable bonds is 9. The predicted octanol–water partition coefficient (Wildman–Crippen LogP) is 6.05. The molecule has 0 saturated heterocycles. The normalized spacial score (nSPS) is 10.9. The minimum Gasteiger partial charge on any atom is -0.332 e. The summed E-state index contributed by atoms with van der Waals surface area (Å²) < 4.78 is 27.3. The third-order valence-electron chi connectivity index (χ3n) is 5.24. The van der Waals surface area contributed by atoms with Crippen LogP contribution in [0, 0.1) is 24.5 Å². The molecule has 0 aliphatic carbocycles. The lowest BCUT2D eigenvalue weighted by Gasteiger charge is -2.29. The largest absolute Gasteiger partial charge is 0.332 e. The summed E-state index contributed by atoms with van der Waals surface area (Å²) in [6.45, 7) is 6.84. The first-order chi connectivity index (χ1) is 16.2. The van der Waals surface area contributed by atoms with Crippen LogP contribution in [0.1, 0.15) is 29.9 Å². The van der Waals surface area contributed by atoms with E-state index >= 15 is 0 Å². The minimum atomic E-state index is -0.872. The molecule has 5 nitrogen and oxygen atoms in total. The molecule has 3 amide bonds. The number of urea groups is 1. The molecule has 0 saturated carbocycles. The molecule has 1 heterocycles. The van der Waals surface area contributed by atoms with Gasteiger partial charge in [0.2, 0.25) is 5.91 Å². The predicted molar refractivity (Wildman–Crippen MR) is 132 cm³/mol. The van der Waals surface area contributed by atoms with Crippen molar-refractivity contribution in [2.45, 2.75) is 33.9 Å². The van der Waals surface area contributed by atoms with Crippen molar-refractivity contribution in [3.63, 3.8) is 0 Å². The Morgan fingerprint density at radius 3 is 2.35 bits per heavy atom. The van der Waals surface area contributed by atoms with Gasteiger partial charge in [0.15, 0.2) is 0 Å². The van der Waals surface area contributed by atoms with E-state index in [0.29, 0.717) is 25.7 Å². The van der Waals surface area contributed by atoms with Crippen LogP contribution in [0.2, 0.25) is 0 Å². The van der Waals surface area contributed by atoms with Gasteiger partial charge in [0, 0.05) is 24.0 Å². The van der Waals surface area contributed by atoms with E-state index in [2.05, 4.69) is 5.32 Å². The fourth-order valence-electron chi connectivity index (χ4n) is 3.48. The number of nitrogens with one attached hydrogen (secondary N) is 1. The van der Waals surface area contributed by atoms with Crippen molar-refractivity contribution in [2.75, 3.05) is 18.4 Å². The molecule has 3 aromatic rings. The van der Waals surface area contributed by atoms with Gasteiger partial charge >= 0.3 is 6.03 Å². The highest BCUT2D eigenvalue weighted by atomic mass is 32.1. The van der Waals surface area contributed by atoms with Gasteiger partial charge < -0.3 is 15.1 Å². The molecule has 0 aliphatic rings. The summed E-state index contributed by atoms with van der Waals surface area (Å²) >= 11 is 1.59. The number of amides is 3. The molecule has 0 bridgehead atoms. The Balaban J connectivity index is 1.79. The number of thiophene rings is 1. The number of anilines is 1. The maximum Gasteiger partial charge on any atom is 0.322 e. The van der Waals surface area contributed by atoms with E-state index < -0.39 is 17.7 Å². The van der Waals surface area contributed by atoms with Gasteiger partial charge in [0.1, 0.15) is 18.2 Å². The maximum atomic E-state index is 14.1. The van der Waals surface area contributed by atoms with Crippen LogP contribution in [0.15, 0.2) is 60.0 Å². The Hall–Kier alpha value is -3.26. The topological polar surface area (TPSA) is 52.7 Å². The first-order valence-corrected chi connectivity index (χ1v) is 12.0. The molecule has 2 aromatic carbocycles. The third kappa shape index (κ3) is 7.12. The van der Waals surface area contributed by atoms with Gasteiger partial charge in [0.25, 0.3) is 0 Å². The van der Waals surface area contributed by atoms with Crippen LogP contribution < -0.4 is 5.32 Å². The Bertz CT molecular complexity index is 1120. The number of halogens is 2. The zero-order valence-electron chi connectivity index (χ0n) is 19.6. The van der Waals surface area contributed by atoms with E-state index in [4.69, 9.17) is 0 Å². The summed E-state index contributed by atoms with van der Waals surface area (Å²) in [6.07, 6.45) is 0. The quantitative estimate of drug-likeness (QED) is 0.401. The second-order valence-electron chi connectivity index (χ2n) is 8.59. The van der Waals surface area contributed by atoms with Crippen LogP contribution in [-0.2, 0) is 17.9 Å². The molecule has 180 valence electrons. The van der Waals surface area contributed by atoms with E-state index in [0.717, 1.165) is 22.1 Å². The lowest BCUT2D eigenvalue weighted by molar-refractivity contribution is -0.133. The Morgan fingerprint density at radius 2 is 1.74 bits per heavy atom. The van der Waals surface area contributed by atoms with E-state index in [1.54, 1.807) is 16.2 Å². The fraction of sp³-hybridized carbons (Fsp3) is 0.308. The number of benzene rings is 2. The van der Waals surface area contributed by atoms with Crippen LogP contribution in [0.5, 0.6) is 0 Å². The molecule has 1 N–H and O–H groups in total. The second kappa shape index (κ2) is 11.7. The van der Waals surface area contributed by atoms with Crippen LogP contribution in [0.25, 0.3) is 0 Å². The molecule has 0 fully saturated rings. The molecule has 0 radical (unpaired) electrons. The fourth-order valence-corrected chi connectivity index (χ4v) is 4.40. The van der Waals surface area contributed by atoms with E-state index in [1.807, 2.05) is 62.5 Å². The van der Waals surface area contributed by atoms with E-state index in [1.165, 1.54) is 11.0 Å². The molecule has 3 rings (SSSR count). The molecule has 0 atom stereocenters. The summed E-state index contributed by atoms with van der Waals surface area (Å²) in [7, 11) is 0. The lowest BCUT2D eigenvalue weighted by Crippen LogP contribution is -2.45. The van der Waals surface area contributed by atoms with Crippen molar-refractivity contribution >= 4 is 29.0 Å². The average molecular weight is 486 g/mol. The van der Waals surface area contributed by atoms with Gasteiger partial charge in [-0.3, -0.25) is 4.79 Å². The number of carbonyl (C=O) groups excluding carboxylic acids is 2. The molecule has 34 heavy (non-hydrogen) atoms. The average Bonchev–Trinajstić information content (AvgIpc) is 3.19. The molecule has 1 aromatic heterocycles. The van der Waals surface area contributed by atoms with Crippen molar-refractivity contribution in [1.82, 2.24) is 9.80 Å². The standard InChI is InChI=1S/C26H29F2N3O2S/c1-18(2)14-31(26(33)29-23-10-9-21(27)13-22(23)28)17-25(32)30(15-20-7-5-4-6-8-20)16-24-19(3)11-12-34-24/h4-13,18H,14-17H2,1-3H3,(H,29,33). The number of hydrogen-bond donors (Lipinski definition) is 1. The van der Waals surface area contributed by atoms with Crippen LogP contribution in [-0.4, -0.2) is 34.8 Å². The Labute approximate surface area is 203 Å². The highest BCUT2D eigenvalue weighted by Crippen LogP contribution is 2.20.